The van der Waals surface area contributed by atoms with Gasteiger partial charge in [-0.05, 0) is 67.1 Å². The first-order valence-electron chi connectivity index (χ1n) is 11.0. The first-order chi connectivity index (χ1) is 15.5. The van der Waals surface area contributed by atoms with Gasteiger partial charge in [0.1, 0.15) is 11.5 Å². The standard InChI is InChI=1S/C26H28N2O4/c1-4-18-6-9-20(10-7-18)25-27-22(17(3)32-25)16-28-13-12-21-14-19(8-11-23(21)28)15-24(26(29)30)31-5-2/h6-14,24H,4-5,15-16H2,1-3H3,(H,29,30)/t24-/m1/s1. The summed E-state index contributed by atoms with van der Waals surface area (Å²) < 4.78 is 13.4. The van der Waals surface area contributed by atoms with Crippen molar-refractivity contribution in [1.29, 1.82) is 0 Å². The van der Waals surface area contributed by atoms with E-state index >= 15 is 0 Å². The SMILES string of the molecule is CCO[C@H](Cc1ccc2c(ccn2Cc2nc(-c3ccc(CC)cc3)oc2C)c1)C(=O)O. The number of hydrogen-bond acceptors (Lipinski definition) is 4. The fourth-order valence-corrected chi connectivity index (χ4v) is 3.89. The van der Waals surface area contributed by atoms with Gasteiger partial charge in [0.2, 0.25) is 5.89 Å². The van der Waals surface area contributed by atoms with Gasteiger partial charge in [0.15, 0.2) is 6.10 Å². The van der Waals surface area contributed by atoms with Crippen LogP contribution in [0.25, 0.3) is 22.4 Å². The molecule has 1 N–H and O–H groups in total. The topological polar surface area (TPSA) is 77.5 Å². The smallest absolute Gasteiger partial charge is 0.333 e. The molecule has 0 radical (unpaired) electrons. The summed E-state index contributed by atoms with van der Waals surface area (Å²) in [4.78, 5) is 16.1. The Morgan fingerprint density at radius 1 is 1.12 bits per heavy atom. The Labute approximate surface area is 187 Å². The molecular formula is C26H28N2O4. The van der Waals surface area contributed by atoms with E-state index in [0.29, 0.717) is 25.5 Å². The van der Waals surface area contributed by atoms with E-state index < -0.39 is 12.1 Å². The third-order valence-electron chi connectivity index (χ3n) is 5.72. The summed E-state index contributed by atoms with van der Waals surface area (Å²) in [6.07, 6.45) is 2.53. The zero-order chi connectivity index (χ0) is 22.7. The van der Waals surface area contributed by atoms with Crippen molar-refractivity contribution >= 4 is 16.9 Å². The van der Waals surface area contributed by atoms with Crippen molar-refractivity contribution in [2.24, 2.45) is 0 Å². The van der Waals surface area contributed by atoms with Crippen molar-refractivity contribution in [2.75, 3.05) is 6.61 Å². The molecular weight excluding hydrogens is 404 g/mol. The number of ether oxygens (including phenoxy) is 1. The van der Waals surface area contributed by atoms with Crippen LogP contribution in [0.5, 0.6) is 0 Å². The molecule has 2 heterocycles. The Balaban J connectivity index is 1.54. The number of nitrogens with zero attached hydrogens (tertiary/aromatic N) is 2. The van der Waals surface area contributed by atoms with Crippen LogP contribution in [0.15, 0.2) is 59.1 Å². The second-order valence-electron chi connectivity index (χ2n) is 7.90. The van der Waals surface area contributed by atoms with Gasteiger partial charge >= 0.3 is 5.97 Å². The maximum Gasteiger partial charge on any atom is 0.333 e. The van der Waals surface area contributed by atoms with E-state index in [1.54, 1.807) is 6.92 Å². The van der Waals surface area contributed by atoms with Crippen LogP contribution in [-0.4, -0.2) is 33.3 Å². The summed E-state index contributed by atoms with van der Waals surface area (Å²) in [5.74, 6) is 0.500. The molecule has 4 aromatic rings. The molecule has 2 aromatic heterocycles. The Morgan fingerprint density at radius 3 is 2.56 bits per heavy atom. The molecule has 0 fully saturated rings. The van der Waals surface area contributed by atoms with E-state index in [9.17, 15) is 9.90 Å². The molecule has 0 aliphatic heterocycles. The third-order valence-corrected chi connectivity index (χ3v) is 5.72. The Kier molecular flexibility index (Phi) is 6.42. The largest absolute Gasteiger partial charge is 0.479 e. The lowest BCUT2D eigenvalue weighted by molar-refractivity contribution is -0.149. The molecule has 4 rings (SSSR count). The van der Waals surface area contributed by atoms with E-state index in [1.165, 1.54) is 5.56 Å². The van der Waals surface area contributed by atoms with Gasteiger partial charge in [0.25, 0.3) is 0 Å². The Hall–Kier alpha value is -3.38. The molecule has 0 aliphatic rings. The zero-order valence-electron chi connectivity index (χ0n) is 18.7. The molecule has 6 nitrogen and oxygen atoms in total. The average molecular weight is 433 g/mol. The minimum atomic E-state index is -0.939. The van der Waals surface area contributed by atoms with Gasteiger partial charge in [-0.1, -0.05) is 25.1 Å². The summed E-state index contributed by atoms with van der Waals surface area (Å²) in [5, 5.41) is 10.4. The Morgan fingerprint density at radius 2 is 1.88 bits per heavy atom. The van der Waals surface area contributed by atoms with Crippen molar-refractivity contribution in [3.8, 4) is 11.5 Å². The molecule has 166 valence electrons. The lowest BCUT2D eigenvalue weighted by atomic mass is 10.1. The molecule has 0 spiro atoms. The maximum atomic E-state index is 11.4. The average Bonchev–Trinajstić information content (AvgIpc) is 3.36. The van der Waals surface area contributed by atoms with Gasteiger partial charge in [-0.15, -0.1) is 0 Å². The first kappa shape index (κ1) is 21.8. The number of benzene rings is 2. The molecule has 0 unspecified atom stereocenters. The van der Waals surface area contributed by atoms with E-state index in [2.05, 4.69) is 23.6 Å². The molecule has 32 heavy (non-hydrogen) atoms. The number of oxazole rings is 1. The normalized spacial score (nSPS) is 12.3. The molecule has 0 aliphatic carbocycles. The fraction of sp³-hybridized carbons (Fsp3) is 0.308. The molecule has 0 saturated heterocycles. The molecule has 0 bridgehead atoms. The number of rotatable bonds is 9. The predicted molar refractivity (Wildman–Crippen MR) is 124 cm³/mol. The molecule has 1 atom stereocenters. The van der Waals surface area contributed by atoms with Gasteiger partial charge in [-0.25, -0.2) is 9.78 Å². The highest BCUT2D eigenvalue weighted by Gasteiger charge is 2.18. The van der Waals surface area contributed by atoms with E-state index in [4.69, 9.17) is 14.1 Å². The molecule has 0 amide bonds. The summed E-state index contributed by atoms with van der Waals surface area (Å²) in [6, 6.07) is 16.4. The van der Waals surface area contributed by atoms with Gasteiger partial charge < -0.3 is 18.8 Å². The first-order valence-corrected chi connectivity index (χ1v) is 11.0. The molecule has 2 aromatic carbocycles. The minimum absolute atomic E-state index is 0.340. The van der Waals surface area contributed by atoms with Crippen LogP contribution in [-0.2, 0) is 28.9 Å². The summed E-state index contributed by atoms with van der Waals surface area (Å²) in [5.41, 5.74) is 5.15. The fourth-order valence-electron chi connectivity index (χ4n) is 3.89. The number of aromatic nitrogens is 2. The second kappa shape index (κ2) is 9.40. The minimum Gasteiger partial charge on any atom is -0.479 e. The number of aryl methyl sites for hydroxylation is 2. The van der Waals surface area contributed by atoms with Crippen molar-refractivity contribution in [2.45, 2.75) is 46.3 Å². The highest BCUT2D eigenvalue weighted by atomic mass is 16.5. The van der Waals surface area contributed by atoms with Gasteiger partial charge in [0, 0.05) is 30.3 Å². The van der Waals surface area contributed by atoms with E-state index in [1.807, 2.05) is 49.5 Å². The van der Waals surface area contributed by atoms with Gasteiger partial charge in [0.05, 0.1) is 6.54 Å². The highest BCUT2D eigenvalue weighted by molar-refractivity contribution is 5.81. The second-order valence-corrected chi connectivity index (χ2v) is 7.90. The lowest BCUT2D eigenvalue weighted by Gasteiger charge is -2.12. The Bertz CT molecular complexity index is 1220. The van der Waals surface area contributed by atoms with Crippen LogP contribution < -0.4 is 0 Å². The van der Waals surface area contributed by atoms with Gasteiger partial charge in [-0.2, -0.15) is 0 Å². The summed E-state index contributed by atoms with van der Waals surface area (Å²) in [6.45, 7) is 6.85. The number of carboxylic acid groups (broad SMARTS) is 1. The van der Waals surface area contributed by atoms with Crippen molar-refractivity contribution in [1.82, 2.24) is 9.55 Å². The van der Waals surface area contributed by atoms with E-state index in [0.717, 1.165) is 39.9 Å². The zero-order valence-corrected chi connectivity index (χ0v) is 18.7. The van der Waals surface area contributed by atoms with E-state index in [-0.39, 0.29) is 0 Å². The number of hydrogen-bond donors (Lipinski definition) is 1. The number of carbonyl (C=O) groups is 1. The summed E-state index contributed by atoms with van der Waals surface area (Å²) >= 11 is 0. The van der Waals surface area contributed by atoms with Gasteiger partial charge in [-0.3, -0.25) is 0 Å². The van der Waals surface area contributed by atoms with Crippen molar-refractivity contribution in [3.05, 3.63) is 77.3 Å². The van der Waals surface area contributed by atoms with Crippen LogP contribution in [0.4, 0.5) is 0 Å². The number of aliphatic carboxylic acids is 1. The monoisotopic (exact) mass is 432 g/mol. The third kappa shape index (κ3) is 4.60. The number of fused-ring (bicyclic) bond motifs is 1. The predicted octanol–water partition coefficient (Wildman–Crippen LogP) is 5.25. The molecule has 6 heteroatoms. The highest BCUT2D eigenvalue weighted by Crippen LogP contribution is 2.25. The van der Waals surface area contributed by atoms with Crippen LogP contribution in [0.3, 0.4) is 0 Å². The van der Waals surface area contributed by atoms with Crippen LogP contribution >= 0.6 is 0 Å². The molecule has 0 saturated carbocycles. The lowest BCUT2D eigenvalue weighted by Crippen LogP contribution is -2.26. The van der Waals surface area contributed by atoms with Crippen molar-refractivity contribution in [3.63, 3.8) is 0 Å². The van der Waals surface area contributed by atoms with Crippen LogP contribution in [0.1, 0.15) is 36.4 Å². The van der Waals surface area contributed by atoms with Crippen molar-refractivity contribution < 1.29 is 19.1 Å². The quantitative estimate of drug-likeness (QED) is 0.391. The summed E-state index contributed by atoms with van der Waals surface area (Å²) in [7, 11) is 0. The number of carboxylic acids is 1. The van der Waals surface area contributed by atoms with Crippen LogP contribution in [0, 0.1) is 6.92 Å². The maximum absolute atomic E-state index is 11.4. The van der Waals surface area contributed by atoms with Crippen LogP contribution in [0.2, 0.25) is 0 Å².